The van der Waals surface area contributed by atoms with Gasteiger partial charge in [-0.3, -0.25) is 4.79 Å². The Kier molecular flexibility index (Phi) is 2.92. The number of hydrogen-bond donors (Lipinski definition) is 2. The van der Waals surface area contributed by atoms with Gasteiger partial charge >= 0.3 is 5.97 Å². The Morgan fingerprint density at radius 1 is 1.38 bits per heavy atom. The van der Waals surface area contributed by atoms with Crippen LogP contribution in [-0.4, -0.2) is 11.1 Å². The van der Waals surface area contributed by atoms with Gasteiger partial charge in [0.25, 0.3) is 0 Å². The van der Waals surface area contributed by atoms with Gasteiger partial charge in [-0.1, -0.05) is 12.1 Å². The van der Waals surface area contributed by atoms with Gasteiger partial charge in [0.15, 0.2) is 0 Å². The van der Waals surface area contributed by atoms with Gasteiger partial charge in [-0.15, -0.1) is 0 Å². The number of fused-ring (bicyclic) bond motifs is 1. The summed E-state index contributed by atoms with van der Waals surface area (Å²) in [7, 11) is 0. The second-order valence-corrected chi connectivity index (χ2v) is 4.13. The number of halogens is 1. The van der Waals surface area contributed by atoms with E-state index in [-0.39, 0.29) is 5.56 Å². The third-order valence-corrected chi connectivity index (χ3v) is 3.09. The minimum absolute atomic E-state index is 0.0909. The lowest BCUT2D eigenvalue weighted by Gasteiger charge is -2.19. The first-order valence-corrected chi connectivity index (χ1v) is 5.40. The minimum Gasteiger partial charge on any atom is -0.480 e. The van der Waals surface area contributed by atoms with Gasteiger partial charge in [0, 0.05) is 5.56 Å². The summed E-state index contributed by atoms with van der Waals surface area (Å²) in [6, 6.07) is 2.03. The van der Waals surface area contributed by atoms with Crippen LogP contribution in [0.25, 0.3) is 0 Å². The van der Waals surface area contributed by atoms with Crippen LogP contribution in [-0.2, 0) is 17.6 Å². The van der Waals surface area contributed by atoms with E-state index in [4.69, 9.17) is 10.8 Å². The van der Waals surface area contributed by atoms with Crippen LogP contribution >= 0.6 is 0 Å². The zero-order valence-corrected chi connectivity index (χ0v) is 8.87. The molecule has 1 unspecified atom stereocenters. The lowest BCUT2D eigenvalue weighted by Crippen LogP contribution is -2.23. The number of aryl methyl sites for hydroxylation is 1. The first-order chi connectivity index (χ1) is 7.61. The Labute approximate surface area is 93.1 Å². The highest BCUT2D eigenvalue weighted by atomic mass is 19.1. The molecule has 1 aliphatic carbocycles. The first kappa shape index (κ1) is 11.1. The van der Waals surface area contributed by atoms with Crippen molar-refractivity contribution in [1.82, 2.24) is 0 Å². The third-order valence-electron chi connectivity index (χ3n) is 3.09. The van der Waals surface area contributed by atoms with Gasteiger partial charge in [-0.05, 0) is 36.8 Å². The fourth-order valence-corrected chi connectivity index (χ4v) is 2.17. The Balaban J connectivity index is 2.45. The molecule has 0 bridgehead atoms. The van der Waals surface area contributed by atoms with Crippen LogP contribution in [0.4, 0.5) is 4.39 Å². The van der Waals surface area contributed by atoms with Crippen LogP contribution in [0.1, 0.15) is 35.6 Å². The summed E-state index contributed by atoms with van der Waals surface area (Å²) in [5, 5.41) is 8.77. The van der Waals surface area contributed by atoms with Gasteiger partial charge in [0.1, 0.15) is 11.9 Å². The highest BCUT2D eigenvalue weighted by Crippen LogP contribution is 2.28. The van der Waals surface area contributed by atoms with Crippen LogP contribution in [0.2, 0.25) is 0 Å². The van der Waals surface area contributed by atoms with Gasteiger partial charge < -0.3 is 10.8 Å². The molecule has 16 heavy (non-hydrogen) atoms. The molecule has 3 N–H and O–H groups in total. The molecule has 4 heteroatoms. The van der Waals surface area contributed by atoms with Crippen molar-refractivity contribution in [3.8, 4) is 0 Å². The monoisotopic (exact) mass is 223 g/mol. The lowest BCUT2D eigenvalue weighted by molar-refractivity contribution is -0.138. The SMILES string of the molecule is NC(C(=O)O)c1ccc2c(c1F)CCCC2. The first-order valence-electron chi connectivity index (χ1n) is 5.40. The van der Waals surface area contributed by atoms with Gasteiger partial charge in [0.05, 0.1) is 0 Å². The van der Waals surface area contributed by atoms with Crippen LogP contribution in [0.3, 0.4) is 0 Å². The van der Waals surface area contributed by atoms with E-state index >= 15 is 0 Å². The molecule has 0 radical (unpaired) electrons. The summed E-state index contributed by atoms with van der Waals surface area (Å²) >= 11 is 0. The highest BCUT2D eigenvalue weighted by molar-refractivity contribution is 5.75. The van der Waals surface area contributed by atoms with Crippen molar-refractivity contribution < 1.29 is 14.3 Å². The number of rotatable bonds is 2. The van der Waals surface area contributed by atoms with Crippen molar-refractivity contribution in [1.29, 1.82) is 0 Å². The van der Waals surface area contributed by atoms with Crippen molar-refractivity contribution in [2.75, 3.05) is 0 Å². The largest absolute Gasteiger partial charge is 0.480 e. The quantitative estimate of drug-likeness (QED) is 0.803. The van der Waals surface area contributed by atoms with Crippen LogP contribution in [0.15, 0.2) is 12.1 Å². The number of carboxylic acid groups (broad SMARTS) is 1. The number of aliphatic carboxylic acids is 1. The van der Waals surface area contributed by atoms with Gasteiger partial charge in [0.2, 0.25) is 0 Å². The van der Waals surface area contributed by atoms with Crippen LogP contribution < -0.4 is 5.73 Å². The fraction of sp³-hybridized carbons (Fsp3) is 0.417. The Morgan fingerprint density at radius 3 is 2.75 bits per heavy atom. The Bertz CT molecular complexity index is 431. The maximum absolute atomic E-state index is 14.0. The summed E-state index contributed by atoms with van der Waals surface area (Å²) in [4.78, 5) is 10.7. The number of carbonyl (C=O) groups is 1. The number of hydrogen-bond acceptors (Lipinski definition) is 2. The minimum atomic E-state index is -1.27. The summed E-state index contributed by atoms with van der Waals surface area (Å²) < 4.78 is 14.0. The molecular formula is C12H14FNO2. The van der Waals surface area contributed by atoms with E-state index in [0.29, 0.717) is 12.0 Å². The molecule has 86 valence electrons. The molecule has 0 aliphatic heterocycles. The number of benzene rings is 1. The van der Waals surface area contributed by atoms with E-state index in [1.807, 2.05) is 0 Å². The topological polar surface area (TPSA) is 63.3 Å². The number of nitrogens with two attached hydrogens (primary N) is 1. The van der Waals surface area contributed by atoms with Crippen molar-refractivity contribution in [3.05, 3.63) is 34.6 Å². The Hall–Kier alpha value is -1.42. The second kappa shape index (κ2) is 4.22. The molecule has 0 amide bonds. The second-order valence-electron chi connectivity index (χ2n) is 4.13. The summed E-state index contributed by atoms with van der Waals surface area (Å²) in [5.41, 5.74) is 7.17. The molecule has 1 atom stereocenters. The van der Waals surface area contributed by atoms with E-state index in [1.165, 1.54) is 6.07 Å². The summed E-state index contributed by atoms with van der Waals surface area (Å²) in [5.74, 6) is -1.62. The third kappa shape index (κ3) is 1.80. The van der Waals surface area contributed by atoms with E-state index in [1.54, 1.807) is 6.07 Å². The van der Waals surface area contributed by atoms with Crippen molar-refractivity contribution in [2.45, 2.75) is 31.7 Å². The van der Waals surface area contributed by atoms with E-state index < -0.39 is 17.8 Å². The maximum Gasteiger partial charge on any atom is 0.325 e. The standard InChI is InChI=1S/C12H14FNO2/c13-10-8-4-2-1-3-7(8)5-6-9(10)11(14)12(15)16/h5-6,11H,1-4,14H2,(H,15,16). The van der Waals surface area contributed by atoms with Crippen molar-refractivity contribution in [2.24, 2.45) is 5.73 Å². The van der Waals surface area contributed by atoms with Crippen LogP contribution in [0.5, 0.6) is 0 Å². The lowest BCUT2D eigenvalue weighted by atomic mass is 9.88. The zero-order valence-electron chi connectivity index (χ0n) is 8.87. The molecule has 1 aliphatic rings. The van der Waals surface area contributed by atoms with E-state index in [2.05, 4.69) is 0 Å². The van der Waals surface area contributed by atoms with Gasteiger partial charge in [-0.25, -0.2) is 4.39 Å². The maximum atomic E-state index is 14.0. The van der Waals surface area contributed by atoms with E-state index in [0.717, 1.165) is 24.8 Å². The molecule has 0 heterocycles. The molecule has 0 aromatic heterocycles. The normalized spacial score (nSPS) is 16.6. The van der Waals surface area contributed by atoms with E-state index in [9.17, 15) is 9.18 Å². The molecule has 0 fully saturated rings. The van der Waals surface area contributed by atoms with Crippen molar-refractivity contribution >= 4 is 5.97 Å². The predicted molar refractivity (Wildman–Crippen MR) is 57.6 cm³/mol. The predicted octanol–water partition coefficient (Wildman–Crippen LogP) is 1.79. The molecule has 2 rings (SSSR count). The Morgan fingerprint density at radius 2 is 2.06 bits per heavy atom. The van der Waals surface area contributed by atoms with Gasteiger partial charge in [-0.2, -0.15) is 0 Å². The van der Waals surface area contributed by atoms with Crippen LogP contribution in [0, 0.1) is 5.82 Å². The molecule has 1 aromatic rings. The molecule has 1 aromatic carbocycles. The summed E-state index contributed by atoms with van der Waals surface area (Å²) in [6.45, 7) is 0. The zero-order chi connectivity index (χ0) is 11.7. The highest BCUT2D eigenvalue weighted by Gasteiger charge is 2.23. The molecule has 0 spiro atoms. The average molecular weight is 223 g/mol. The summed E-state index contributed by atoms with van der Waals surface area (Å²) in [6.07, 6.45) is 3.57. The fourth-order valence-electron chi connectivity index (χ4n) is 2.17. The smallest absolute Gasteiger partial charge is 0.325 e. The average Bonchev–Trinajstić information content (AvgIpc) is 2.29. The molecule has 0 saturated heterocycles. The number of carboxylic acids is 1. The molecule has 0 saturated carbocycles. The molecule has 3 nitrogen and oxygen atoms in total. The van der Waals surface area contributed by atoms with Crippen molar-refractivity contribution in [3.63, 3.8) is 0 Å². The molecular weight excluding hydrogens is 209 g/mol.